The minimum Gasteiger partial charge on any atom is -0.494 e. The summed E-state index contributed by atoms with van der Waals surface area (Å²) in [6, 6.07) is 20.9. The van der Waals surface area contributed by atoms with Gasteiger partial charge in [0.1, 0.15) is 5.75 Å². The number of methoxy groups -OCH3 is 3. The van der Waals surface area contributed by atoms with E-state index in [0.29, 0.717) is 40.4 Å². The number of nitrogens with zero attached hydrogens (tertiary/aromatic N) is 4. The maximum absolute atomic E-state index is 12.6. The first kappa shape index (κ1) is 27.5. The predicted octanol–water partition coefficient (Wildman–Crippen LogP) is 4.60. The fourth-order valence-corrected chi connectivity index (χ4v) is 4.54. The maximum Gasteiger partial charge on any atom is 0.250 e. The minimum absolute atomic E-state index is 0.0738. The normalized spacial score (nSPS) is 10.9. The first-order valence-corrected chi connectivity index (χ1v) is 13.1. The van der Waals surface area contributed by atoms with Crippen molar-refractivity contribution in [3.63, 3.8) is 0 Å². The number of carbonyl (C=O) groups is 1. The van der Waals surface area contributed by atoms with Crippen LogP contribution in [0.15, 0.2) is 77.0 Å². The molecule has 1 N–H and O–H groups in total. The second kappa shape index (κ2) is 13.3. The van der Waals surface area contributed by atoms with Crippen molar-refractivity contribution in [2.45, 2.75) is 12.1 Å². The molecule has 202 valence electrons. The quantitative estimate of drug-likeness (QED) is 0.156. The Balaban J connectivity index is 1.50. The van der Waals surface area contributed by atoms with E-state index in [4.69, 9.17) is 18.9 Å². The van der Waals surface area contributed by atoms with Crippen LogP contribution in [0.2, 0.25) is 0 Å². The number of hydrogen-bond donors (Lipinski definition) is 1. The van der Waals surface area contributed by atoms with Crippen LogP contribution in [0.25, 0.3) is 17.1 Å². The molecule has 0 spiro atoms. The van der Waals surface area contributed by atoms with Gasteiger partial charge in [-0.05, 0) is 43.3 Å². The van der Waals surface area contributed by atoms with Gasteiger partial charge in [0.15, 0.2) is 22.5 Å². The average Bonchev–Trinajstić information content (AvgIpc) is 3.40. The largest absolute Gasteiger partial charge is 0.494 e. The average molecular weight is 548 g/mol. The van der Waals surface area contributed by atoms with E-state index in [9.17, 15) is 4.79 Å². The molecule has 3 aromatic carbocycles. The molecule has 0 saturated carbocycles. The highest BCUT2D eigenvalue weighted by Crippen LogP contribution is 2.39. The van der Waals surface area contributed by atoms with Crippen LogP contribution in [-0.2, 0) is 4.79 Å². The zero-order chi connectivity index (χ0) is 27.6. The van der Waals surface area contributed by atoms with Crippen molar-refractivity contribution in [3.05, 3.63) is 72.3 Å². The summed E-state index contributed by atoms with van der Waals surface area (Å²) in [6.07, 6.45) is 1.49. The maximum atomic E-state index is 12.6. The first-order valence-electron chi connectivity index (χ1n) is 12.1. The lowest BCUT2D eigenvalue weighted by Crippen LogP contribution is -2.20. The molecule has 0 atom stereocenters. The molecule has 0 unspecified atom stereocenters. The summed E-state index contributed by atoms with van der Waals surface area (Å²) in [4.78, 5) is 12.6. The summed E-state index contributed by atoms with van der Waals surface area (Å²) in [7, 11) is 4.59. The van der Waals surface area contributed by atoms with Crippen molar-refractivity contribution in [2.24, 2.45) is 5.10 Å². The molecular weight excluding hydrogens is 518 g/mol. The number of hydrazone groups is 1. The van der Waals surface area contributed by atoms with Crippen LogP contribution in [0.4, 0.5) is 0 Å². The summed E-state index contributed by atoms with van der Waals surface area (Å²) < 4.78 is 23.6. The monoisotopic (exact) mass is 547 g/mol. The topological polar surface area (TPSA) is 109 Å². The van der Waals surface area contributed by atoms with Gasteiger partial charge in [0.25, 0.3) is 5.91 Å². The lowest BCUT2D eigenvalue weighted by molar-refractivity contribution is -0.118. The second-order valence-electron chi connectivity index (χ2n) is 7.94. The van der Waals surface area contributed by atoms with Crippen LogP contribution in [0.3, 0.4) is 0 Å². The van der Waals surface area contributed by atoms with Gasteiger partial charge in [0.2, 0.25) is 5.75 Å². The van der Waals surface area contributed by atoms with Gasteiger partial charge in [0.05, 0.1) is 39.9 Å². The molecule has 0 aliphatic carbocycles. The highest BCUT2D eigenvalue weighted by atomic mass is 32.2. The third-order valence-electron chi connectivity index (χ3n) is 5.53. The molecule has 39 heavy (non-hydrogen) atoms. The van der Waals surface area contributed by atoms with Crippen molar-refractivity contribution >= 4 is 23.9 Å². The van der Waals surface area contributed by atoms with E-state index in [-0.39, 0.29) is 11.7 Å². The number of thioether (sulfide) groups is 1. The standard InChI is InChI=1S/C28H29N5O5S/c1-5-38-22-14-12-21(13-15-22)33-27(19-9-7-6-8-10-19)31-32-28(33)39-18-24(34)30-29-17-20-11-16-23(35-2)26(37-4)25(20)36-3/h6-17H,5,18H2,1-4H3,(H,30,34). The Morgan fingerprint density at radius 3 is 2.36 bits per heavy atom. The van der Waals surface area contributed by atoms with E-state index in [1.807, 2.05) is 66.1 Å². The van der Waals surface area contributed by atoms with Crippen LogP contribution in [-0.4, -0.2) is 60.6 Å². The number of nitrogens with one attached hydrogen (secondary N) is 1. The first-order chi connectivity index (χ1) is 19.1. The van der Waals surface area contributed by atoms with Gasteiger partial charge in [-0.2, -0.15) is 5.10 Å². The molecule has 4 aromatic rings. The Morgan fingerprint density at radius 1 is 0.949 bits per heavy atom. The van der Waals surface area contributed by atoms with E-state index in [1.54, 1.807) is 19.2 Å². The number of aromatic nitrogens is 3. The number of carbonyl (C=O) groups excluding carboxylic acids is 1. The van der Waals surface area contributed by atoms with Crippen LogP contribution < -0.4 is 24.4 Å². The molecule has 0 saturated heterocycles. The minimum atomic E-state index is -0.307. The zero-order valence-corrected chi connectivity index (χ0v) is 22.9. The van der Waals surface area contributed by atoms with E-state index < -0.39 is 0 Å². The summed E-state index contributed by atoms with van der Waals surface area (Å²) in [6.45, 7) is 2.52. The van der Waals surface area contributed by atoms with Gasteiger partial charge in [0, 0.05) is 16.8 Å². The molecule has 0 radical (unpaired) electrons. The lowest BCUT2D eigenvalue weighted by atomic mass is 10.2. The lowest BCUT2D eigenvalue weighted by Gasteiger charge is -2.13. The molecular formula is C28H29N5O5S. The second-order valence-corrected chi connectivity index (χ2v) is 8.88. The number of amides is 1. The third kappa shape index (κ3) is 6.50. The Bertz CT molecular complexity index is 1420. The SMILES string of the molecule is CCOc1ccc(-n2c(SCC(=O)NN=Cc3ccc(OC)c(OC)c3OC)nnc2-c2ccccc2)cc1. The van der Waals surface area contributed by atoms with Crippen molar-refractivity contribution < 1.29 is 23.7 Å². The Morgan fingerprint density at radius 2 is 1.69 bits per heavy atom. The van der Waals surface area contributed by atoms with Gasteiger partial charge in [-0.15, -0.1) is 10.2 Å². The third-order valence-corrected chi connectivity index (χ3v) is 6.46. The van der Waals surface area contributed by atoms with Crippen LogP contribution in [0.5, 0.6) is 23.0 Å². The molecule has 10 nitrogen and oxygen atoms in total. The highest BCUT2D eigenvalue weighted by molar-refractivity contribution is 7.99. The number of ether oxygens (including phenoxy) is 4. The van der Waals surface area contributed by atoms with Gasteiger partial charge in [-0.3, -0.25) is 9.36 Å². The van der Waals surface area contributed by atoms with Crippen LogP contribution >= 0.6 is 11.8 Å². The summed E-state index contributed by atoms with van der Waals surface area (Å²) >= 11 is 1.26. The number of benzene rings is 3. The summed E-state index contributed by atoms with van der Waals surface area (Å²) in [5, 5.41) is 13.4. The van der Waals surface area contributed by atoms with E-state index in [2.05, 4.69) is 20.7 Å². The smallest absolute Gasteiger partial charge is 0.250 e. The van der Waals surface area contributed by atoms with Gasteiger partial charge < -0.3 is 18.9 Å². The van der Waals surface area contributed by atoms with Crippen molar-refractivity contribution in [1.82, 2.24) is 20.2 Å². The van der Waals surface area contributed by atoms with E-state index >= 15 is 0 Å². The van der Waals surface area contributed by atoms with Crippen molar-refractivity contribution in [3.8, 4) is 40.1 Å². The Hall–Kier alpha value is -4.51. The van der Waals surface area contributed by atoms with Gasteiger partial charge in [-0.25, -0.2) is 5.43 Å². The Labute approximate surface area is 231 Å². The van der Waals surface area contributed by atoms with Crippen LogP contribution in [0, 0.1) is 0 Å². The van der Waals surface area contributed by atoms with E-state index in [1.165, 1.54) is 32.2 Å². The van der Waals surface area contributed by atoms with Gasteiger partial charge >= 0.3 is 0 Å². The Kier molecular flexibility index (Phi) is 9.41. The molecule has 1 heterocycles. The van der Waals surface area contributed by atoms with Crippen molar-refractivity contribution in [1.29, 1.82) is 0 Å². The number of hydrogen-bond acceptors (Lipinski definition) is 9. The number of rotatable bonds is 12. The summed E-state index contributed by atoms with van der Waals surface area (Å²) in [5.41, 5.74) is 4.92. The molecule has 11 heteroatoms. The van der Waals surface area contributed by atoms with Gasteiger partial charge in [-0.1, -0.05) is 42.1 Å². The summed E-state index contributed by atoms with van der Waals surface area (Å²) in [5.74, 6) is 2.62. The fourth-order valence-electron chi connectivity index (χ4n) is 3.79. The molecule has 0 aliphatic heterocycles. The molecule has 0 bridgehead atoms. The predicted molar refractivity (Wildman–Crippen MR) is 151 cm³/mol. The molecule has 1 amide bonds. The van der Waals surface area contributed by atoms with Crippen molar-refractivity contribution in [2.75, 3.05) is 33.7 Å². The molecule has 0 fully saturated rings. The van der Waals surface area contributed by atoms with E-state index in [0.717, 1.165) is 17.0 Å². The highest BCUT2D eigenvalue weighted by Gasteiger charge is 2.18. The fraction of sp³-hybridized carbons (Fsp3) is 0.214. The molecule has 1 aromatic heterocycles. The van der Waals surface area contributed by atoms with Crippen LogP contribution in [0.1, 0.15) is 12.5 Å². The zero-order valence-electron chi connectivity index (χ0n) is 22.1. The molecule has 0 aliphatic rings. The molecule has 4 rings (SSSR count).